The number of nitrogens with two attached hydrogens (primary N) is 1. The van der Waals surface area contributed by atoms with Gasteiger partial charge in [-0.2, -0.15) is 5.10 Å². The molecule has 0 spiro atoms. The van der Waals surface area contributed by atoms with Crippen LogP contribution < -0.4 is 11.3 Å². The molecule has 5 nitrogen and oxygen atoms in total. The molecule has 2 heterocycles. The smallest absolute Gasteiger partial charge is 0.279 e. The maximum Gasteiger partial charge on any atom is 0.279 e. The number of anilines is 1. The zero-order valence-electron chi connectivity index (χ0n) is 9.64. The molecule has 0 saturated heterocycles. The highest BCUT2D eigenvalue weighted by Gasteiger charge is 2.10. The number of hydrogen-bond donors (Lipinski definition) is 1. The van der Waals surface area contributed by atoms with Crippen LogP contribution in [-0.2, 0) is 6.54 Å². The van der Waals surface area contributed by atoms with Gasteiger partial charge in [0.1, 0.15) is 11.5 Å². The first-order valence-corrected chi connectivity index (χ1v) is 5.25. The topological polar surface area (TPSA) is 65.8 Å². The molecule has 2 rings (SSSR count). The van der Waals surface area contributed by atoms with E-state index in [9.17, 15) is 9.18 Å². The van der Waals surface area contributed by atoms with E-state index >= 15 is 0 Å². The summed E-state index contributed by atoms with van der Waals surface area (Å²) in [5, 5.41) is 4.20. The first kappa shape index (κ1) is 11.4. The van der Waals surface area contributed by atoms with Gasteiger partial charge in [0.15, 0.2) is 5.82 Å². The zero-order valence-corrected chi connectivity index (χ0v) is 9.64. The van der Waals surface area contributed by atoms with Crippen LogP contribution in [0.5, 0.6) is 0 Å². The lowest BCUT2D eigenvalue weighted by Crippen LogP contribution is -2.22. The van der Waals surface area contributed by atoms with Gasteiger partial charge in [0, 0.05) is 24.4 Å². The summed E-state index contributed by atoms with van der Waals surface area (Å²) in [6, 6.07) is 2.71. The van der Waals surface area contributed by atoms with Crippen LogP contribution in [0, 0.1) is 12.7 Å². The fourth-order valence-electron chi connectivity index (χ4n) is 1.67. The standard InChI is InChI=1S/C11H13FN4O/c1-3-16-7(2)4-10(14-16)15-6-8(12)5-9(13)11(15)17/h4-6H,3,13H2,1-2H3. The molecule has 0 aliphatic rings. The van der Waals surface area contributed by atoms with Gasteiger partial charge in [-0.15, -0.1) is 0 Å². The van der Waals surface area contributed by atoms with Gasteiger partial charge < -0.3 is 5.73 Å². The molecule has 0 amide bonds. The highest BCUT2D eigenvalue weighted by Crippen LogP contribution is 2.09. The van der Waals surface area contributed by atoms with Crippen molar-refractivity contribution in [2.45, 2.75) is 20.4 Å². The van der Waals surface area contributed by atoms with Gasteiger partial charge in [0.05, 0.1) is 6.20 Å². The molecular formula is C11H13FN4O. The number of hydrogen-bond acceptors (Lipinski definition) is 3. The van der Waals surface area contributed by atoms with Crippen molar-refractivity contribution in [2.75, 3.05) is 5.73 Å². The molecular weight excluding hydrogens is 223 g/mol. The van der Waals surface area contributed by atoms with Gasteiger partial charge in [-0.05, 0) is 13.8 Å². The second kappa shape index (κ2) is 4.04. The molecule has 17 heavy (non-hydrogen) atoms. The molecule has 0 bridgehead atoms. The first-order valence-electron chi connectivity index (χ1n) is 5.25. The summed E-state index contributed by atoms with van der Waals surface area (Å²) in [5.41, 5.74) is 5.73. The number of nitrogens with zero attached hydrogens (tertiary/aromatic N) is 3. The number of rotatable bonds is 2. The highest BCUT2D eigenvalue weighted by molar-refractivity contribution is 5.38. The number of halogens is 1. The van der Waals surface area contributed by atoms with E-state index in [1.54, 1.807) is 10.7 Å². The molecule has 0 aromatic carbocycles. The number of aryl methyl sites for hydroxylation is 2. The Bertz CT molecular complexity index is 614. The van der Waals surface area contributed by atoms with Crippen molar-refractivity contribution in [3.8, 4) is 5.82 Å². The number of nitrogen functional groups attached to an aromatic ring is 1. The molecule has 0 unspecified atom stereocenters. The normalized spacial score (nSPS) is 10.8. The van der Waals surface area contributed by atoms with Gasteiger partial charge in [-0.25, -0.2) is 4.39 Å². The summed E-state index contributed by atoms with van der Waals surface area (Å²) in [7, 11) is 0. The summed E-state index contributed by atoms with van der Waals surface area (Å²) >= 11 is 0. The second-order valence-electron chi connectivity index (χ2n) is 3.75. The van der Waals surface area contributed by atoms with Crippen LogP contribution in [0.2, 0.25) is 0 Å². The fourth-order valence-corrected chi connectivity index (χ4v) is 1.67. The Labute approximate surface area is 97.3 Å². The minimum absolute atomic E-state index is 0.131. The molecule has 0 radical (unpaired) electrons. The van der Waals surface area contributed by atoms with Crippen molar-refractivity contribution >= 4 is 5.69 Å². The van der Waals surface area contributed by atoms with E-state index in [1.807, 2.05) is 13.8 Å². The third kappa shape index (κ3) is 1.93. The van der Waals surface area contributed by atoms with Gasteiger partial charge in [-0.1, -0.05) is 0 Å². The molecule has 0 fully saturated rings. The predicted octanol–water partition coefficient (Wildman–Crippen LogP) is 1.08. The monoisotopic (exact) mass is 236 g/mol. The number of pyridine rings is 1. The van der Waals surface area contributed by atoms with E-state index in [4.69, 9.17) is 5.73 Å². The van der Waals surface area contributed by atoms with Gasteiger partial charge >= 0.3 is 0 Å². The Kier molecular flexibility index (Phi) is 2.71. The Morgan fingerprint density at radius 1 is 1.47 bits per heavy atom. The Hall–Kier alpha value is -2.11. The molecule has 6 heteroatoms. The van der Waals surface area contributed by atoms with Gasteiger partial charge in [0.2, 0.25) is 0 Å². The third-order valence-electron chi connectivity index (χ3n) is 2.53. The van der Waals surface area contributed by atoms with Crippen molar-refractivity contribution in [2.24, 2.45) is 0 Å². The average Bonchev–Trinajstić information content (AvgIpc) is 2.64. The van der Waals surface area contributed by atoms with Crippen LogP contribution >= 0.6 is 0 Å². The Balaban J connectivity index is 2.64. The maximum atomic E-state index is 13.2. The molecule has 2 aromatic heterocycles. The van der Waals surface area contributed by atoms with E-state index in [0.29, 0.717) is 12.4 Å². The van der Waals surface area contributed by atoms with E-state index in [0.717, 1.165) is 22.5 Å². The van der Waals surface area contributed by atoms with Crippen molar-refractivity contribution in [1.29, 1.82) is 0 Å². The molecule has 0 aliphatic heterocycles. The Morgan fingerprint density at radius 2 is 2.18 bits per heavy atom. The minimum Gasteiger partial charge on any atom is -0.394 e. The third-order valence-corrected chi connectivity index (χ3v) is 2.53. The molecule has 0 aliphatic carbocycles. The summed E-state index contributed by atoms with van der Waals surface area (Å²) in [5.74, 6) is -0.189. The van der Waals surface area contributed by atoms with Crippen LogP contribution in [0.4, 0.5) is 10.1 Å². The summed E-state index contributed by atoms with van der Waals surface area (Å²) in [6.07, 6.45) is 1.08. The van der Waals surface area contributed by atoms with Crippen molar-refractivity contribution in [3.63, 3.8) is 0 Å². The van der Waals surface area contributed by atoms with Crippen molar-refractivity contribution in [3.05, 3.63) is 40.2 Å². The summed E-state index contributed by atoms with van der Waals surface area (Å²) < 4.78 is 16.0. The van der Waals surface area contributed by atoms with Crippen LogP contribution in [-0.4, -0.2) is 14.3 Å². The van der Waals surface area contributed by atoms with Crippen molar-refractivity contribution in [1.82, 2.24) is 14.3 Å². The predicted molar refractivity (Wildman–Crippen MR) is 62.6 cm³/mol. The molecule has 2 aromatic rings. The van der Waals surface area contributed by atoms with Crippen LogP contribution in [0.1, 0.15) is 12.6 Å². The summed E-state index contributed by atoms with van der Waals surface area (Å²) in [4.78, 5) is 11.8. The minimum atomic E-state index is -0.564. The molecule has 0 atom stereocenters. The first-order chi connectivity index (χ1) is 8.02. The average molecular weight is 236 g/mol. The fraction of sp³-hybridized carbons (Fsp3) is 0.273. The largest absolute Gasteiger partial charge is 0.394 e. The SMILES string of the molecule is CCn1nc(-n2cc(F)cc(N)c2=O)cc1C. The lowest BCUT2D eigenvalue weighted by atomic mass is 10.4. The highest BCUT2D eigenvalue weighted by atomic mass is 19.1. The molecule has 90 valence electrons. The summed E-state index contributed by atoms with van der Waals surface area (Å²) in [6.45, 7) is 4.49. The molecule has 0 saturated carbocycles. The maximum absolute atomic E-state index is 13.2. The lowest BCUT2D eigenvalue weighted by Gasteiger charge is -2.03. The van der Waals surface area contributed by atoms with Crippen LogP contribution in [0.15, 0.2) is 23.1 Å². The van der Waals surface area contributed by atoms with E-state index in [1.165, 1.54) is 0 Å². The molecule has 2 N–H and O–H groups in total. The van der Waals surface area contributed by atoms with E-state index in [-0.39, 0.29) is 5.69 Å². The number of aromatic nitrogens is 3. The van der Waals surface area contributed by atoms with Crippen molar-refractivity contribution < 1.29 is 4.39 Å². The van der Waals surface area contributed by atoms with Gasteiger partial charge in [-0.3, -0.25) is 14.0 Å². The lowest BCUT2D eigenvalue weighted by molar-refractivity contribution is 0.606. The van der Waals surface area contributed by atoms with Crippen LogP contribution in [0.3, 0.4) is 0 Å². The van der Waals surface area contributed by atoms with Crippen LogP contribution in [0.25, 0.3) is 5.82 Å². The van der Waals surface area contributed by atoms with Gasteiger partial charge in [0.25, 0.3) is 5.56 Å². The zero-order chi connectivity index (χ0) is 12.6. The quantitative estimate of drug-likeness (QED) is 0.848. The van der Waals surface area contributed by atoms with E-state index < -0.39 is 11.4 Å². The second-order valence-corrected chi connectivity index (χ2v) is 3.75. The Morgan fingerprint density at radius 3 is 2.76 bits per heavy atom. The van der Waals surface area contributed by atoms with E-state index in [2.05, 4.69) is 5.10 Å².